The smallest absolute Gasteiger partial charge is 0.147 e. The molecule has 0 saturated heterocycles. The number of para-hydroxylation sites is 2. The molecule has 0 amide bonds. The molecule has 27 heavy (non-hydrogen) atoms. The van der Waals surface area contributed by atoms with Gasteiger partial charge in [0.05, 0.1) is 0 Å². The highest BCUT2D eigenvalue weighted by Gasteiger charge is 2.33. The molecular formula is C23H23N3O. The van der Waals surface area contributed by atoms with Gasteiger partial charge in [0.15, 0.2) is 0 Å². The van der Waals surface area contributed by atoms with Crippen LogP contribution in [-0.2, 0) is 5.41 Å². The van der Waals surface area contributed by atoms with Crippen molar-refractivity contribution in [2.24, 2.45) is 0 Å². The Morgan fingerprint density at radius 3 is 1.96 bits per heavy atom. The molecule has 4 nitrogen and oxygen atoms in total. The van der Waals surface area contributed by atoms with Crippen molar-refractivity contribution in [2.75, 3.05) is 0 Å². The minimum Gasteiger partial charge on any atom is -0.505 e. The molecule has 0 atom stereocenters. The first-order chi connectivity index (χ1) is 12.9. The van der Waals surface area contributed by atoms with Gasteiger partial charge in [0.1, 0.15) is 22.5 Å². The SMILES string of the molecule is Cc1cc(-n2n3c4ccccc4n23)c(O)c(C(C)(C)c2ccccc2)c1C. The van der Waals surface area contributed by atoms with Crippen LogP contribution in [0.3, 0.4) is 0 Å². The minimum atomic E-state index is -0.303. The van der Waals surface area contributed by atoms with Crippen LogP contribution in [0.2, 0.25) is 0 Å². The summed E-state index contributed by atoms with van der Waals surface area (Å²) in [5, 5.41) is 11.3. The molecule has 2 aromatic heterocycles. The Bertz CT molecular complexity index is 1230. The molecule has 5 rings (SSSR count). The van der Waals surface area contributed by atoms with Crippen molar-refractivity contribution < 1.29 is 5.11 Å². The molecule has 0 fully saturated rings. The van der Waals surface area contributed by atoms with Crippen LogP contribution >= 0.6 is 0 Å². The van der Waals surface area contributed by atoms with Crippen molar-refractivity contribution >= 4 is 11.0 Å². The maximum absolute atomic E-state index is 11.3. The zero-order valence-electron chi connectivity index (χ0n) is 16.1. The molecule has 0 saturated carbocycles. The zero-order chi connectivity index (χ0) is 18.9. The number of phenols is 1. The van der Waals surface area contributed by atoms with E-state index >= 15 is 0 Å². The van der Waals surface area contributed by atoms with E-state index in [4.69, 9.17) is 0 Å². The van der Waals surface area contributed by atoms with E-state index in [0.717, 1.165) is 16.8 Å². The first-order valence-electron chi connectivity index (χ1n) is 9.31. The maximum Gasteiger partial charge on any atom is 0.147 e. The summed E-state index contributed by atoms with van der Waals surface area (Å²) in [5.41, 5.74) is 7.36. The van der Waals surface area contributed by atoms with Crippen molar-refractivity contribution in [1.29, 1.82) is 0 Å². The van der Waals surface area contributed by atoms with E-state index in [-0.39, 0.29) is 5.41 Å². The first kappa shape index (κ1) is 16.1. The summed E-state index contributed by atoms with van der Waals surface area (Å²) in [5.74, 6) is 0.354. The van der Waals surface area contributed by atoms with E-state index in [1.807, 2.05) is 23.0 Å². The summed E-state index contributed by atoms with van der Waals surface area (Å²) >= 11 is 0. The summed E-state index contributed by atoms with van der Waals surface area (Å²) in [6, 6.07) is 20.7. The van der Waals surface area contributed by atoms with E-state index in [1.54, 1.807) is 0 Å². The van der Waals surface area contributed by atoms with Crippen LogP contribution in [0.4, 0.5) is 0 Å². The Morgan fingerprint density at radius 1 is 0.815 bits per heavy atom. The van der Waals surface area contributed by atoms with Crippen molar-refractivity contribution in [3.05, 3.63) is 82.9 Å². The van der Waals surface area contributed by atoms with E-state index in [0.29, 0.717) is 5.75 Å². The molecule has 0 bridgehead atoms. The number of rotatable bonds is 3. The van der Waals surface area contributed by atoms with E-state index in [1.165, 1.54) is 22.2 Å². The van der Waals surface area contributed by atoms with Crippen LogP contribution in [0, 0.1) is 13.8 Å². The molecular weight excluding hydrogens is 334 g/mol. The molecule has 136 valence electrons. The Kier molecular flexibility index (Phi) is 3.09. The topological polar surface area (TPSA) is 34.0 Å². The molecule has 0 radical (unpaired) electrons. The second-order valence-electron chi connectivity index (χ2n) is 7.91. The fourth-order valence-electron chi connectivity index (χ4n) is 4.30. The number of fused-ring (bicyclic) bond motifs is 4. The molecule has 0 aliphatic rings. The lowest BCUT2D eigenvalue weighted by Gasteiger charge is -2.30. The van der Waals surface area contributed by atoms with Crippen molar-refractivity contribution in [1.82, 2.24) is 14.1 Å². The average Bonchev–Trinajstić information content (AvgIpc) is 3.32. The number of nitrogens with zero attached hydrogens (tertiary/aromatic N) is 3. The molecule has 5 aromatic rings. The van der Waals surface area contributed by atoms with Gasteiger partial charge in [0.2, 0.25) is 0 Å². The number of hydrogen-bond acceptors (Lipinski definition) is 1. The summed E-state index contributed by atoms with van der Waals surface area (Å²) in [4.78, 5) is 2.04. The third-order valence-electron chi connectivity index (χ3n) is 5.96. The Morgan fingerprint density at radius 2 is 1.37 bits per heavy atom. The van der Waals surface area contributed by atoms with Gasteiger partial charge in [-0.25, -0.2) is 0 Å². The molecule has 4 heteroatoms. The highest BCUT2D eigenvalue weighted by Crippen LogP contribution is 2.44. The number of phenolic OH excluding ortho intramolecular Hbond substituents is 1. The van der Waals surface area contributed by atoms with Gasteiger partial charge < -0.3 is 5.11 Å². The van der Waals surface area contributed by atoms with Gasteiger partial charge in [-0.2, -0.15) is 0 Å². The standard InChI is InChI=1S/C23H23N3O/c1-15-14-20(26-24-18-12-8-9-13-19(18)25(24)26)22(27)21(16(15)2)23(3,4)17-10-6-5-7-11-17/h5-14,27H,1-4H3. The highest BCUT2D eigenvalue weighted by atomic mass is 16.3. The molecule has 0 spiro atoms. The maximum atomic E-state index is 11.3. The predicted octanol–water partition coefficient (Wildman–Crippen LogP) is 5.07. The van der Waals surface area contributed by atoms with Gasteiger partial charge in [0.25, 0.3) is 0 Å². The van der Waals surface area contributed by atoms with E-state index < -0.39 is 0 Å². The lowest BCUT2D eigenvalue weighted by molar-refractivity contribution is 0.448. The molecule has 2 heterocycles. The Hall–Kier alpha value is -3.14. The predicted molar refractivity (Wildman–Crippen MR) is 109 cm³/mol. The summed E-state index contributed by atoms with van der Waals surface area (Å²) in [7, 11) is 0. The fourth-order valence-corrected chi connectivity index (χ4v) is 4.30. The molecule has 3 aromatic carbocycles. The quantitative estimate of drug-likeness (QED) is 0.481. The number of aromatic hydroxyl groups is 1. The molecule has 0 unspecified atom stereocenters. The first-order valence-corrected chi connectivity index (χ1v) is 9.31. The van der Waals surface area contributed by atoms with Gasteiger partial charge in [-0.05, 0) is 48.7 Å². The monoisotopic (exact) mass is 357 g/mol. The minimum absolute atomic E-state index is 0.303. The number of hydrogen-bond donors (Lipinski definition) is 1. The Labute approximate surface area is 158 Å². The van der Waals surface area contributed by atoms with Crippen LogP contribution in [-0.4, -0.2) is 19.2 Å². The van der Waals surface area contributed by atoms with E-state index in [9.17, 15) is 5.11 Å². The van der Waals surface area contributed by atoms with Crippen LogP contribution in [0.1, 0.15) is 36.1 Å². The zero-order valence-corrected chi connectivity index (χ0v) is 16.1. The van der Waals surface area contributed by atoms with Crippen LogP contribution < -0.4 is 0 Å². The molecule has 0 aliphatic heterocycles. The van der Waals surface area contributed by atoms with Gasteiger partial charge in [-0.3, -0.25) is 0 Å². The number of benzene rings is 3. The second kappa shape index (κ2) is 5.19. The van der Waals surface area contributed by atoms with Crippen molar-refractivity contribution in [2.45, 2.75) is 33.1 Å². The summed E-state index contributed by atoms with van der Waals surface area (Å²) < 4.78 is 4.16. The van der Waals surface area contributed by atoms with Gasteiger partial charge in [-0.15, -0.1) is 14.1 Å². The number of aryl methyl sites for hydroxylation is 1. The summed E-state index contributed by atoms with van der Waals surface area (Å²) in [6.07, 6.45) is 0. The normalized spacial score (nSPS) is 12.6. The van der Waals surface area contributed by atoms with Gasteiger partial charge >= 0.3 is 0 Å². The average molecular weight is 357 g/mol. The molecule has 0 aliphatic carbocycles. The number of aromatic nitrogens is 3. The Balaban J connectivity index is 1.75. The third kappa shape index (κ3) is 2.04. The van der Waals surface area contributed by atoms with Crippen LogP contribution in [0.5, 0.6) is 5.75 Å². The summed E-state index contributed by atoms with van der Waals surface area (Å²) in [6.45, 7) is 8.58. The van der Waals surface area contributed by atoms with Gasteiger partial charge in [0, 0.05) is 11.0 Å². The second-order valence-corrected chi connectivity index (χ2v) is 7.91. The highest BCUT2D eigenvalue weighted by molar-refractivity contribution is 5.79. The lowest BCUT2D eigenvalue weighted by atomic mass is 9.74. The molecule has 1 N–H and O–H groups in total. The van der Waals surface area contributed by atoms with Gasteiger partial charge in [-0.1, -0.05) is 56.3 Å². The largest absolute Gasteiger partial charge is 0.505 e. The van der Waals surface area contributed by atoms with Crippen LogP contribution in [0.25, 0.3) is 16.7 Å². The van der Waals surface area contributed by atoms with E-state index in [2.05, 4.69) is 79.4 Å². The third-order valence-corrected chi connectivity index (χ3v) is 5.96. The van der Waals surface area contributed by atoms with Crippen LogP contribution in [0.15, 0.2) is 60.7 Å². The van der Waals surface area contributed by atoms with Crippen molar-refractivity contribution in [3.8, 4) is 11.4 Å². The fraction of sp³-hybridized carbons (Fsp3) is 0.217. The lowest BCUT2D eigenvalue weighted by Crippen LogP contribution is -2.21. The van der Waals surface area contributed by atoms with Crippen molar-refractivity contribution in [3.63, 3.8) is 0 Å².